The Morgan fingerprint density at radius 2 is 1.78 bits per heavy atom. The predicted molar refractivity (Wildman–Crippen MR) is 138 cm³/mol. The average molecular weight is 566 g/mol. The Hall–Kier alpha value is -3.00. The molecule has 0 spiro atoms. The highest BCUT2D eigenvalue weighted by Gasteiger charge is 2.57. The number of carbonyl (C=O) groups excluding carboxylic acids is 4. The Morgan fingerprint density at radius 3 is 2.51 bits per heavy atom. The molecule has 1 heterocycles. The molecule has 5 aliphatic rings. The summed E-state index contributed by atoms with van der Waals surface area (Å²) in [6.45, 7) is 0. The van der Waals surface area contributed by atoms with E-state index in [0.29, 0.717) is 28.9 Å². The summed E-state index contributed by atoms with van der Waals surface area (Å²) in [5, 5.41) is 11.0. The number of hydrogen-bond donors (Lipinski definition) is 1. The normalized spacial score (nSPS) is 30.1. The van der Waals surface area contributed by atoms with E-state index in [9.17, 15) is 24.3 Å². The predicted octanol–water partition coefficient (Wildman–Crippen LogP) is 4.50. The molecule has 4 atom stereocenters. The highest BCUT2D eigenvalue weighted by Crippen LogP contribution is 2.57. The third kappa shape index (κ3) is 3.59. The number of benzene rings is 1. The van der Waals surface area contributed by atoms with E-state index in [-0.39, 0.29) is 46.1 Å². The van der Waals surface area contributed by atoms with E-state index in [1.165, 1.54) is 24.2 Å². The molecule has 1 saturated heterocycles. The molecule has 4 unspecified atom stereocenters. The number of amides is 2. The molecule has 6 rings (SSSR count). The number of phenolic OH excluding ortho intramolecular Hbond substituents is 1. The molecule has 0 aromatic heterocycles. The number of methoxy groups -OCH3 is 1. The second-order valence-electron chi connectivity index (χ2n) is 10.6. The number of fused-ring (bicyclic) bond motifs is 3. The van der Waals surface area contributed by atoms with Gasteiger partial charge in [-0.2, -0.15) is 0 Å². The Labute approximate surface area is 223 Å². The lowest BCUT2D eigenvalue weighted by Gasteiger charge is -2.42. The Balaban J connectivity index is 1.50. The largest absolute Gasteiger partial charge is 0.507 e. The topological polar surface area (TPSA) is 101 Å². The summed E-state index contributed by atoms with van der Waals surface area (Å²) < 4.78 is 5.76. The summed E-state index contributed by atoms with van der Waals surface area (Å²) in [5.41, 5.74) is 1.86. The van der Waals surface area contributed by atoms with Crippen LogP contribution in [-0.2, 0) is 19.2 Å². The van der Waals surface area contributed by atoms with E-state index in [2.05, 4.69) is 15.9 Å². The minimum Gasteiger partial charge on any atom is -0.507 e. The van der Waals surface area contributed by atoms with E-state index in [0.717, 1.165) is 37.7 Å². The molecule has 0 radical (unpaired) electrons. The molecule has 7 nitrogen and oxygen atoms in total. The van der Waals surface area contributed by atoms with Crippen molar-refractivity contribution < 1.29 is 29.0 Å². The molecule has 192 valence electrons. The van der Waals surface area contributed by atoms with Gasteiger partial charge in [-0.3, -0.25) is 24.1 Å². The SMILES string of the molecule is COc1cccc(O)c1C1C2=CCC3C(=O)N(C4CCCCC4)C(=O)C3C2CC2=C1C(=O)C=C(Br)C2=O. The third-order valence-electron chi connectivity index (χ3n) is 8.86. The van der Waals surface area contributed by atoms with Crippen LogP contribution in [0.5, 0.6) is 11.5 Å². The fraction of sp³-hybridized carbons (Fsp3) is 0.448. The zero-order chi connectivity index (χ0) is 26.0. The fourth-order valence-corrected chi connectivity index (χ4v) is 7.71. The fourth-order valence-electron chi connectivity index (χ4n) is 7.26. The quantitative estimate of drug-likeness (QED) is 0.329. The molecule has 4 aliphatic carbocycles. The minimum atomic E-state index is -0.745. The molecule has 2 amide bonds. The van der Waals surface area contributed by atoms with Gasteiger partial charge in [0.05, 0.1) is 23.4 Å². The molecule has 1 saturated carbocycles. The highest BCUT2D eigenvalue weighted by molar-refractivity contribution is 9.12. The summed E-state index contributed by atoms with van der Waals surface area (Å²) in [4.78, 5) is 55.7. The van der Waals surface area contributed by atoms with Crippen LogP contribution in [0.25, 0.3) is 0 Å². The standard InChI is InChI=1S/C29H28BrNO6/c1-37-22-9-5-8-20(32)26(22)25-15-10-11-16-23(29(36)31(28(16)35)14-6-3-2-4-7-14)17(15)12-18-24(25)21(33)13-19(30)27(18)34/h5,8-10,13-14,16-17,23,25,32H,2-4,6-7,11-12H2,1H3. The molecule has 1 N–H and O–H groups in total. The first-order valence-corrected chi connectivity index (χ1v) is 13.7. The molecule has 0 bridgehead atoms. The summed E-state index contributed by atoms with van der Waals surface area (Å²) in [6, 6.07) is 4.83. The van der Waals surface area contributed by atoms with Crippen molar-refractivity contribution in [1.82, 2.24) is 4.90 Å². The van der Waals surface area contributed by atoms with Gasteiger partial charge in [0.1, 0.15) is 11.5 Å². The summed E-state index contributed by atoms with van der Waals surface area (Å²) in [6.07, 6.45) is 8.64. The maximum Gasteiger partial charge on any atom is 0.233 e. The average Bonchev–Trinajstić information content (AvgIpc) is 3.16. The molecular weight excluding hydrogens is 538 g/mol. The lowest BCUT2D eigenvalue weighted by Crippen LogP contribution is -2.43. The maximum atomic E-state index is 13.9. The summed E-state index contributed by atoms with van der Waals surface area (Å²) in [7, 11) is 1.49. The first kappa shape index (κ1) is 24.3. The van der Waals surface area contributed by atoms with Gasteiger partial charge in [-0.05, 0) is 59.7 Å². The van der Waals surface area contributed by atoms with Gasteiger partial charge in [-0.25, -0.2) is 0 Å². The van der Waals surface area contributed by atoms with Gasteiger partial charge in [0, 0.05) is 34.7 Å². The monoisotopic (exact) mass is 565 g/mol. The zero-order valence-electron chi connectivity index (χ0n) is 20.5. The molecule has 1 aliphatic heterocycles. The molecule has 1 aromatic carbocycles. The number of likely N-dealkylation sites (tertiary alicyclic amines) is 1. The number of halogens is 1. The van der Waals surface area contributed by atoms with Gasteiger partial charge in [-0.15, -0.1) is 0 Å². The first-order chi connectivity index (χ1) is 17.8. The van der Waals surface area contributed by atoms with Gasteiger partial charge >= 0.3 is 0 Å². The van der Waals surface area contributed by atoms with Gasteiger partial charge in [0.25, 0.3) is 0 Å². The first-order valence-electron chi connectivity index (χ1n) is 13.0. The third-order valence-corrected chi connectivity index (χ3v) is 9.45. The van der Waals surface area contributed by atoms with Crippen LogP contribution >= 0.6 is 15.9 Å². The lowest BCUT2D eigenvalue weighted by molar-refractivity contribution is -0.143. The maximum absolute atomic E-state index is 13.9. The Bertz CT molecular complexity index is 1330. The smallest absolute Gasteiger partial charge is 0.233 e. The van der Waals surface area contributed by atoms with E-state index in [1.807, 2.05) is 6.08 Å². The number of hydrogen-bond acceptors (Lipinski definition) is 6. The van der Waals surface area contributed by atoms with Crippen LogP contribution in [0.2, 0.25) is 0 Å². The number of nitrogens with zero attached hydrogens (tertiary/aromatic N) is 1. The van der Waals surface area contributed by atoms with E-state index < -0.39 is 23.7 Å². The minimum absolute atomic E-state index is 0.0496. The summed E-state index contributed by atoms with van der Waals surface area (Å²) >= 11 is 3.24. The second-order valence-corrected chi connectivity index (χ2v) is 11.5. The highest BCUT2D eigenvalue weighted by atomic mass is 79.9. The molecule has 2 fully saturated rings. The van der Waals surface area contributed by atoms with Crippen molar-refractivity contribution in [2.45, 2.75) is 56.9 Å². The number of rotatable bonds is 3. The van der Waals surface area contributed by atoms with Crippen LogP contribution in [0.1, 0.15) is 56.4 Å². The van der Waals surface area contributed by atoms with Crippen molar-refractivity contribution in [3.05, 3.63) is 57.1 Å². The number of ether oxygens (including phenoxy) is 1. The number of ketones is 2. The number of aromatic hydroxyl groups is 1. The van der Waals surface area contributed by atoms with Gasteiger partial charge < -0.3 is 9.84 Å². The van der Waals surface area contributed by atoms with Crippen molar-refractivity contribution in [3.63, 3.8) is 0 Å². The van der Waals surface area contributed by atoms with Crippen LogP contribution in [0, 0.1) is 17.8 Å². The molecule has 1 aromatic rings. The lowest BCUT2D eigenvalue weighted by atomic mass is 9.59. The van der Waals surface area contributed by atoms with E-state index in [1.54, 1.807) is 12.1 Å². The number of phenols is 1. The molecule has 8 heteroatoms. The van der Waals surface area contributed by atoms with E-state index in [4.69, 9.17) is 4.74 Å². The number of allylic oxidation sites excluding steroid dienone is 6. The number of carbonyl (C=O) groups is 4. The van der Waals surface area contributed by atoms with Crippen LogP contribution in [-0.4, -0.2) is 46.5 Å². The van der Waals surface area contributed by atoms with Crippen molar-refractivity contribution >= 4 is 39.3 Å². The molecule has 37 heavy (non-hydrogen) atoms. The van der Waals surface area contributed by atoms with Crippen molar-refractivity contribution in [3.8, 4) is 11.5 Å². The van der Waals surface area contributed by atoms with Gasteiger partial charge in [-0.1, -0.05) is 37.0 Å². The second kappa shape index (κ2) is 9.08. The van der Waals surface area contributed by atoms with Crippen molar-refractivity contribution in [2.75, 3.05) is 7.11 Å². The zero-order valence-corrected chi connectivity index (χ0v) is 22.1. The van der Waals surface area contributed by atoms with Crippen molar-refractivity contribution in [1.29, 1.82) is 0 Å². The van der Waals surface area contributed by atoms with E-state index >= 15 is 0 Å². The van der Waals surface area contributed by atoms with Crippen LogP contribution in [0.4, 0.5) is 0 Å². The van der Waals surface area contributed by atoms with Crippen LogP contribution in [0.3, 0.4) is 0 Å². The van der Waals surface area contributed by atoms with Gasteiger partial charge in [0.15, 0.2) is 11.6 Å². The number of Topliss-reactive ketones (excluding diaryl/α,β-unsaturated/α-hetero) is 1. The number of imide groups is 1. The summed E-state index contributed by atoms with van der Waals surface area (Å²) in [5.74, 6) is -2.75. The Kier molecular flexibility index (Phi) is 5.97. The van der Waals surface area contributed by atoms with Crippen LogP contribution < -0.4 is 4.74 Å². The van der Waals surface area contributed by atoms with Crippen molar-refractivity contribution in [2.24, 2.45) is 17.8 Å². The molecular formula is C29H28BrNO6. The van der Waals surface area contributed by atoms with Gasteiger partial charge in [0.2, 0.25) is 11.8 Å². The van der Waals surface area contributed by atoms with Crippen LogP contribution in [0.15, 0.2) is 51.6 Å². The Morgan fingerprint density at radius 1 is 1.03 bits per heavy atom.